The standard InChI is InChI=1S/C14H17ClFNO/c1-9-4-5-17-11(6-9)8-14(18)10-2-3-13(16)12(15)7-10/h2-3,7,9,11,17H,4-6,8H2,1H3. The third kappa shape index (κ3) is 3.30. The lowest BCUT2D eigenvalue weighted by atomic mass is 9.90. The van der Waals surface area contributed by atoms with Crippen LogP contribution in [0.1, 0.15) is 36.5 Å². The van der Waals surface area contributed by atoms with Crippen LogP contribution in [0.3, 0.4) is 0 Å². The highest BCUT2D eigenvalue weighted by molar-refractivity contribution is 6.31. The fraction of sp³-hybridized carbons (Fsp3) is 0.500. The summed E-state index contributed by atoms with van der Waals surface area (Å²) in [6.45, 7) is 3.16. The quantitative estimate of drug-likeness (QED) is 0.852. The Labute approximate surface area is 112 Å². The number of hydrogen-bond acceptors (Lipinski definition) is 2. The van der Waals surface area contributed by atoms with Crippen molar-refractivity contribution in [2.24, 2.45) is 5.92 Å². The molecule has 0 amide bonds. The normalized spacial score (nSPS) is 23.9. The summed E-state index contributed by atoms with van der Waals surface area (Å²) in [5.41, 5.74) is 0.487. The van der Waals surface area contributed by atoms with Crippen molar-refractivity contribution in [3.63, 3.8) is 0 Å². The first-order valence-corrected chi connectivity index (χ1v) is 6.65. The Balaban J connectivity index is 2.00. The molecule has 2 atom stereocenters. The number of piperidine rings is 1. The summed E-state index contributed by atoms with van der Waals surface area (Å²) in [7, 11) is 0. The number of benzene rings is 1. The first-order chi connectivity index (χ1) is 8.56. The second-order valence-corrected chi connectivity index (χ2v) is 5.44. The average molecular weight is 270 g/mol. The number of carbonyl (C=O) groups is 1. The van der Waals surface area contributed by atoms with E-state index in [1.54, 1.807) is 0 Å². The number of ketones is 1. The highest BCUT2D eigenvalue weighted by Crippen LogP contribution is 2.21. The Hall–Kier alpha value is -0.930. The molecule has 18 heavy (non-hydrogen) atoms. The van der Waals surface area contributed by atoms with Crippen LogP contribution in [-0.2, 0) is 0 Å². The maximum Gasteiger partial charge on any atom is 0.164 e. The smallest absolute Gasteiger partial charge is 0.164 e. The van der Waals surface area contributed by atoms with E-state index in [0.717, 1.165) is 19.4 Å². The molecule has 0 spiro atoms. The summed E-state index contributed by atoms with van der Waals surface area (Å²) in [6.07, 6.45) is 2.63. The molecule has 1 N–H and O–H groups in total. The Kier molecular flexibility index (Phi) is 4.36. The van der Waals surface area contributed by atoms with Crippen LogP contribution in [0.4, 0.5) is 4.39 Å². The van der Waals surface area contributed by atoms with E-state index >= 15 is 0 Å². The van der Waals surface area contributed by atoms with Crippen LogP contribution in [0.2, 0.25) is 5.02 Å². The van der Waals surface area contributed by atoms with Gasteiger partial charge >= 0.3 is 0 Å². The Morgan fingerprint density at radius 3 is 3.00 bits per heavy atom. The number of hydrogen-bond donors (Lipinski definition) is 1. The molecular formula is C14H17ClFNO. The van der Waals surface area contributed by atoms with E-state index in [-0.39, 0.29) is 16.8 Å². The highest BCUT2D eigenvalue weighted by atomic mass is 35.5. The van der Waals surface area contributed by atoms with E-state index < -0.39 is 5.82 Å². The highest BCUT2D eigenvalue weighted by Gasteiger charge is 2.21. The summed E-state index contributed by atoms with van der Waals surface area (Å²) >= 11 is 5.68. The fourth-order valence-corrected chi connectivity index (χ4v) is 2.57. The van der Waals surface area contributed by atoms with Gasteiger partial charge < -0.3 is 5.32 Å². The molecule has 1 aliphatic rings. The summed E-state index contributed by atoms with van der Waals surface area (Å²) in [5.74, 6) is 0.182. The minimum Gasteiger partial charge on any atom is -0.314 e. The van der Waals surface area contributed by atoms with Gasteiger partial charge in [0.1, 0.15) is 5.82 Å². The van der Waals surface area contributed by atoms with E-state index in [4.69, 9.17) is 11.6 Å². The van der Waals surface area contributed by atoms with E-state index in [9.17, 15) is 9.18 Å². The molecular weight excluding hydrogens is 253 g/mol. The molecule has 0 radical (unpaired) electrons. The first-order valence-electron chi connectivity index (χ1n) is 6.28. The molecule has 2 nitrogen and oxygen atoms in total. The van der Waals surface area contributed by atoms with Crippen LogP contribution < -0.4 is 5.32 Å². The maximum atomic E-state index is 13.0. The van der Waals surface area contributed by atoms with E-state index in [1.165, 1.54) is 18.2 Å². The number of carbonyl (C=O) groups excluding carboxylic acids is 1. The average Bonchev–Trinajstić information content (AvgIpc) is 2.32. The van der Waals surface area contributed by atoms with Gasteiger partial charge in [0.15, 0.2) is 5.78 Å². The number of rotatable bonds is 3. The summed E-state index contributed by atoms with van der Waals surface area (Å²) in [5, 5.41) is 3.35. The molecule has 1 aliphatic heterocycles. The van der Waals surface area contributed by atoms with Crippen molar-refractivity contribution in [3.05, 3.63) is 34.6 Å². The van der Waals surface area contributed by atoms with E-state index in [2.05, 4.69) is 12.2 Å². The van der Waals surface area contributed by atoms with Gasteiger partial charge in [-0.15, -0.1) is 0 Å². The van der Waals surface area contributed by atoms with Crippen molar-refractivity contribution in [2.45, 2.75) is 32.2 Å². The molecule has 2 unspecified atom stereocenters. The zero-order valence-electron chi connectivity index (χ0n) is 10.4. The van der Waals surface area contributed by atoms with Gasteiger partial charge in [0.05, 0.1) is 5.02 Å². The molecule has 1 aromatic carbocycles. The number of nitrogens with one attached hydrogen (secondary N) is 1. The van der Waals surface area contributed by atoms with Crippen molar-refractivity contribution >= 4 is 17.4 Å². The van der Waals surface area contributed by atoms with Gasteiger partial charge in [0.25, 0.3) is 0 Å². The molecule has 1 heterocycles. The molecule has 0 bridgehead atoms. The van der Waals surface area contributed by atoms with E-state index in [0.29, 0.717) is 17.9 Å². The molecule has 0 saturated carbocycles. The van der Waals surface area contributed by atoms with Gasteiger partial charge in [-0.25, -0.2) is 4.39 Å². The second kappa shape index (κ2) is 5.81. The topological polar surface area (TPSA) is 29.1 Å². The van der Waals surface area contributed by atoms with E-state index in [1.807, 2.05) is 0 Å². The largest absolute Gasteiger partial charge is 0.314 e. The van der Waals surface area contributed by atoms with Gasteiger partial charge in [0.2, 0.25) is 0 Å². The third-order valence-corrected chi connectivity index (χ3v) is 3.72. The molecule has 2 rings (SSSR count). The molecule has 0 aromatic heterocycles. The third-order valence-electron chi connectivity index (χ3n) is 3.43. The lowest BCUT2D eigenvalue weighted by molar-refractivity contribution is 0.0959. The predicted octanol–water partition coefficient (Wildman–Crippen LogP) is 3.44. The predicted molar refractivity (Wildman–Crippen MR) is 70.5 cm³/mol. The van der Waals surface area contributed by atoms with Crippen LogP contribution in [0, 0.1) is 11.7 Å². The molecule has 1 saturated heterocycles. The Morgan fingerprint density at radius 2 is 2.33 bits per heavy atom. The molecule has 4 heteroatoms. The SMILES string of the molecule is CC1CCNC(CC(=O)c2ccc(F)c(Cl)c2)C1. The molecule has 1 aromatic rings. The van der Waals surface area contributed by atoms with Gasteiger partial charge in [-0.05, 0) is 43.5 Å². The van der Waals surface area contributed by atoms with Crippen molar-refractivity contribution in [3.8, 4) is 0 Å². The summed E-state index contributed by atoms with van der Waals surface area (Å²) in [6, 6.07) is 4.37. The summed E-state index contributed by atoms with van der Waals surface area (Å²) in [4.78, 5) is 12.1. The number of halogens is 2. The van der Waals surface area contributed by atoms with Gasteiger partial charge in [-0.2, -0.15) is 0 Å². The van der Waals surface area contributed by atoms with Gasteiger partial charge in [-0.3, -0.25) is 4.79 Å². The van der Waals surface area contributed by atoms with Crippen LogP contribution in [0.5, 0.6) is 0 Å². The second-order valence-electron chi connectivity index (χ2n) is 5.04. The molecule has 98 valence electrons. The van der Waals surface area contributed by atoms with Gasteiger partial charge in [-0.1, -0.05) is 18.5 Å². The first kappa shape index (κ1) is 13.5. The lowest BCUT2D eigenvalue weighted by Crippen LogP contribution is -2.38. The minimum absolute atomic E-state index is 0.00539. The van der Waals surface area contributed by atoms with Crippen LogP contribution in [0.25, 0.3) is 0 Å². The van der Waals surface area contributed by atoms with Crippen LogP contribution in [0.15, 0.2) is 18.2 Å². The Bertz CT molecular complexity index is 449. The number of Topliss-reactive ketones (excluding diaryl/α,β-unsaturated/α-hetero) is 1. The Morgan fingerprint density at radius 1 is 1.56 bits per heavy atom. The lowest BCUT2D eigenvalue weighted by Gasteiger charge is -2.27. The van der Waals surface area contributed by atoms with Crippen LogP contribution >= 0.6 is 11.6 Å². The van der Waals surface area contributed by atoms with Crippen molar-refractivity contribution in [1.82, 2.24) is 5.32 Å². The maximum absolute atomic E-state index is 13.0. The molecule has 1 fully saturated rings. The zero-order chi connectivity index (χ0) is 13.1. The summed E-state index contributed by atoms with van der Waals surface area (Å²) < 4.78 is 13.0. The van der Waals surface area contributed by atoms with Crippen molar-refractivity contribution in [1.29, 1.82) is 0 Å². The fourth-order valence-electron chi connectivity index (χ4n) is 2.39. The van der Waals surface area contributed by atoms with Gasteiger partial charge in [0, 0.05) is 18.0 Å². The van der Waals surface area contributed by atoms with Crippen molar-refractivity contribution < 1.29 is 9.18 Å². The monoisotopic (exact) mass is 269 g/mol. The minimum atomic E-state index is -0.488. The zero-order valence-corrected chi connectivity index (χ0v) is 11.1. The molecule has 0 aliphatic carbocycles. The van der Waals surface area contributed by atoms with Crippen LogP contribution in [-0.4, -0.2) is 18.4 Å². The van der Waals surface area contributed by atoms with Crippen molar-refractivity contribution in [2.75, 3.05) is 6.54 Å².